The van der Waals surface area contributed by atoms with E-state index in [1.807, 2.05) is 18.2 Å². The Morgan fingerprint density at radius 3 is 2.29 bits per heavy atom. The Morgan fingerprint density at radius 2 is 1.47 bits per heavy atom. The van der Waals surface area contributed by atoms with Crippen LogP contribution in [0.3, 0.4) is 0 Å². The third-order valence-electron chi connectivity index (χ3n) is 7.75. The van der Waals surface area contributed by atoms with E-state index in [9.17, 15) is 0 Å². The van der Waals surface area contributed by atoms with Crippen LogP contribution in [-0.4, -0.2) is 0 Å². The van der Waals surface area contributed by atoms with Gasteiger partial charge in [-0.2, -0.15) is 0 Å². The van der Waals surface area contributed by atoms with Crippen molar-refractivity contribution in [3.05, 3.63) is 150 Å². The van der Waals surface area contributed by atoms with E-state index in [1.54, 1.807) is 6.20 Å². The van der Waals surface area contributed by atoms with Crippen molar-refractivity contribution in [2.45, 2.75) is 12.8 Å². The highest BCUT2D eigenvalue weighted by atomic mass is 15.2. The van der Waals surface area contributed by atoms with E-state index in [0.29, 0.717) is 0 Å². The van der Waals surface area contributed by atoms with Crippen molar-refractivity contribution in [2.75, 3.05) is 4.90 Å². The molecule has 0 saturated carbocycles. The van der Waals surface area contributed by atoms with Gasteiger partial charge in [-0.1, -0.05) is 109 Å². The van der Waals surface area contributed by atoms with Crippen molar-refractivity contribution in [1.82, 2.24) is 0 Å². The normalized spacial score (nSPS) is 15.1. The van der Waals surface area contributed by atoms with Crippen molar-refractivity contribution in [3.8, 4) is 11.1 Å². The number of allylic oxidation sites excluding steroid dienone is 7. The van der Waals surface area contributed by atoms with Gasteiger partial charge in [-0.25, -0.2) is 0 Å². The molecule has 38 heavy (non-hydrogen) atoms. The van der Waals surface area contributed by atoms with Gasteiger partial charge < -0.3 is 10.6 Å². The quantitative estimate of drug-likeness (QED) is 0.255. The number of anilines is 2. The van der Waals surface area contributed by atoms with Crippen molar-refractivity contribution in [3.63, 3.8) is 0 Å². The summed E-state index contributed by atoms with van der Waals surface area (Å²) in [5.74, 6) is 0. The van der Waals surface area contributed by atoms with Crippen molar-refractivity contribution in [2.24, 2.45) is 5.73 Å². The van der Waals surface area contributed by atoms with Crippen LogP contribution in [0.25, 0.3) is 38.2 Å². The van der Waals surface area contributed by atoms with Crippen LogP contribution in [-0.2, 0) is 0 Å². The van der Waals surface area contributed by atoms with E-state index in [1.165, 1.54) is 55.3 Å². The van der Waals surface area contributed by atoms with Crippen LogP contribution in [0.1, 0.15) is 18.4 Å². The van der Waals surface area contributed by atoms with Crippen LogP contribution in [0.15, 0.2) is 145 Å². The third-order valence-corrected chi connectivity index (χ3v) is 7.75. The van der Waals surface area contributed by atoms with Crippen LogP contribution >= 0.6 is 0 Å². The number of hydrogen-bond donors (Lipinski definition) is 1. The molecule has 1 aliphatic carbocycles. The predicted octanol–water partition coefficient (Wildman–Crippen LogP) is 9.27. The minimum Gasteiger partial charge on any atom is -0.404 e. The summed E-state index contributed by atoms with van der Waals surface area (Å²) in [6.45, 7) is 0. The van der Waals surface area contributed by atoms with Crippen molar-refractivity contribution < 1.29 is 0 Å². The smallest absolute Gasteiger partial charge is 0.0543 e. The number of hydrogen-bond acceptors (Lipinski definition) is 2. The van der Waals surface area contributed by atoms with Gasteiger partial charge in [-0.15, -0.1) is 0 Å². The molecule has 2 heteroatoms. The fourth-order valence-electron chi connectivity index (χ4n) is 5.93. The Hall–Kier alpha value is -4.82. The summed E-state index contributed by atoms with van der Waals surface area (Å²) in [4.78, 5) is 2.49. The maximum atomic E-state index is 5.95. The summed E-state index contributed by atoms with van der Waals surface area (Å²) in [7, 11) is 0. The third kappa shape index (κ3) is 3.65. The van der Waals surface area contributed by atoms with Crippen LogP contribution in [0.2, 0.25) is 0 Å². The molecule has 2 N–H and O–H groups in total. The standard InChI is InChI=1S/C36H28N2/c37-24-29(26-8-2-1-3-9-26)19-16-25-17-21-30(22-18-25)38-33-15-7-12-28-11-6-14-32(35(28)33)36-31-13-5-4-10-27(31)20-23-34(36)38/h1-17,19-21,23-24H,18,22,37H2/b19-16-,29-24+. The molecule has 2 nitrogen and oxygen atoms in total. The lowest BCUT2D eigenvalue weighted by Gasteiger charge is -2.36. The highest BCUT2D eigenvalue weighted by Gasteiger charge is 2.28. The van der Waals surface area contributed by atoms with Gasteiger partial charge in [0.15, 0.2) is 0 Å². The summed E-state index contributed by atoms with van der Waals surface area (Å²) in [6, 6.07) is 36.9. The molecule has 1 heterocycles. The Balaban J connectivity index is 1.33. The molecule has 1 aliphatic heterocycles. The Labute approximate surface area is 223 Å². The number of nitrogens with zero attached hydrogens (tertiary/aromatic N) is 1. The fraction of sp³-hybridized carbons (Fsp3) is 0.0556. The average Bonchev–Trinajstić information content (AvgIpc) is 2.98. The molecule has 0 spiro atoms. The summed E-state index contributed by atoms with van der Waals surface area (Å²) in [6.07, 6.45) is 12.5. The second kappa shape index (κ2) is 9.24. The summed E-state index contributed by atoms with van der Waals surface area (Å²) in [5.41, 5.74) is 15.9. The van der Waals surface area contributed by atoms with E-state index < -0.39 is 0 Å². The highest BCUT2D eigenvalue weighted by Crippen LogP contribution is 2.52. The van der Waals surface area contributed by atoms with Crippen LogP contribution in [0.4, 0.5) is 11.4 Å². The lowest BCUT2D eigenvalue weighted by molar-refractivity contribution is 0.893. The van der Waals surface area contributed by atoms with Crippen LogP contribution < -0.4 is 10.6 Å². The molecule has 5 aromatic rings. The minimum absolute atomic E-state index is 0.966. The lowest BCUT2D eigenvalue weighted by Crippen LogP contribution is -2.21. The van der Waals surface area contributed by atoms with E-state index in [-0.39, 0.29) is 0 Å². The second-order valence-corrected chi connectivity index (χ2v) is 9.92. The molecule has 0 fully saturated rings. The number of rotatable bonds is 4. The van der Waals surface area contributed by atoms with Gasteiger partial charge in [0.05, 0.1) is 11.4 Å². The average molecular weight is 489 g/mol. The van der Waals surface area contributed by atoms with Gasteiger partial charge in [0.25, 0.3) is 0 Å². The first-order valence-corrected chi connectivity index (χ1v) is 13.2. The molecule has 0 atom stereocenters. The zero-order chi connectivity index (χ0) is 25.5. The lowest BCUT2D eigenvalue weighted by atomic mass is 9.87. The number of fused-ring (bicyclic) bond motifs is 4. The first-order chi connectivity index (χ1) is 18.8. The predicted molar refractivity (Wildman–Crippen MR) is 162 cm³/mol. The van der Waals surface area contributed by atoms with Gasteiger partial charge in [0, 0.05) is 22.8 Å². The van der Waals surface area contributed by atoms with Gasteiger partial charge >= 0.3 is 0 Å². The summed E-state index contributed by atoms with van der Waals surface area (Å²) >= 11 is 0. The molecular weight excluding hydrogens is 460 g/mol. The minimum atomic E-state index is 0.966. The largest absolute Gasteiger partial charge is 0.404 e. The zero-order valence-corrected chi connectivity index (χ0v) is 21.1. The van der Waals surface area contributed by atoms with Gasteiger partial charge in [-0.3, -0.25) is 0 Å². The highest BCUT2D eigenvalue weighted by molar-refractivity contribution is 6.18. The van der Waals surface area contributed by atoms with Crippen molar-refractivity contribution in [1.29, 1.82) is 0 Å². The molecule has 0 amide bonds. The zero-order valence-electron chi connectivity index (χ0n) is 21.1. The van der Waals surface area contributed by atoms with E-state index in [4.69, 9.17) is 5.73 Å². The molecule has 0 aromatic heterocycles. The fourth-order valence-corrected chi connectivity index (χ4v) is 5.93. The maximum absolute atomic E-state index is 5.95. The molecule has 0 radical (unpaired) electrons. The van der Waals surface area contributed by atoms with E-state index >= 15 is 0 Å². The molecule has 0 unspecified atom stereocenters. The Bertz CT molecular complexity index is 1810. The first-order valence-electron chi connectivity index (χ1n) is 13.2. The van der Waals surface area contributed by atoms with Crippen LogP contribution in [0, 0.1) is 0 Å². The Kier molecular flexibility index (Phi) is 5.44. The molecule has 0 bridgehead atoms. The molecule has 7 rings (SSSR count). The molecular formula is C36H28N2. The second-order valence-electron chi connectivity index (χ2n) is 9.92. The molecule has 5 aromatic carbocycles. The number of nitrogens with two attached hydrogens (primary N) is 1. The summed E-state index contributed by atoms with van der Waals surface area (Å²) in [5, 5.41) is 5.18. The van der Waals surface area contributed by atoms with Gasteiger partial charge in [0.2, 0.25) is 0 Å². The SMILES string of the molecule is N/C=C(\C=C/C1=CC=C(N2c3ccc4ccccc4c3-c3cccc4cccc2c34)CC1)c1ccccc1. The molecule has 182 valence electrons. The van der Waals surface area contributed by atoms with E-state index in [0.717, 1.165) is 24.0 Å². The Morgan fingerprint density at radius 1 is 0.684 bits per heavy atom. The number of benzene rings is 5. The van der Waals surface area contributed by atoms with Gasteiger partial charge in [0.1, 0.15) is 0 Å². The van der Waals surface area contributed by atoms with Gasteiger partial charge in [-0.05, 0) is 69.5 Å². The topological polar surface area (TPSA) is 29.3 Å². The van der Waals surface area contributed by atoms with E-state index in [2.05, 4.69) is 114 Å². The molecule has 0 saturated heterocycles. The monoisotopic (exact) mass is 488 g/mol. The van der Waals surface area contributed by atoms with Crippen LogP contribution in [0.5, 0.6) is 0 Å². The van der Waals surface area contributed by atoms with Crippen molar-refractivity contribution >= 4 is 38.5 Å². The first kappa shape index (κ1) is 22.4. The summed E-state index contributed by atoms with van der Waals surface area (Å²) < 4.78 is 0. The maximum Gasteiger partial charge on any atom is 0.0543 e. The molecule has 2 aliphatic rings.